The van der Waals surface area contributed by atoms with Crippen molar-refractivity contribution in [1.82, 2.24) is 4.90 Å². The fourth-order valence-corrected chi connectivity index (χ4v) is 1.94. The van der Waals surface area contributed by atoms with E-state index >= 15 is 0 Å². The number of azo groups is 1. The maximum atomic E-state index is 5.69. The van der Waals surface area contributed by atoms with Crippen LogP contribution in [0.15, 0.2) is 83.6 Å². The zero-order valence-electron chi connectivity index (χ0n) is 14.7. The molecule has 0 aliphatic carbocycles. The fraction of sp³-hybridized carbons (Fsp3) is 0.158. The van der Waals surface area contributed by atoms with Gasteiger partial charge < -0.3 is 21.3 Å². The summed E-state index contributed by atoms with van der Waals surface area (Å²) in [4.78, 5) is 1.83. The van der Waals surface area contributed by atoms with E-state index in [0.717, 1.165) is 29.3 Å². The van der Waals surface area contributed by atoms with Crippen LogP contribution >= 0.6 is 0 Å². The predicted octanol–water partition coefficient (Wildman–Crippen LogP) is 3.55. The third-order valence-corrected chi connectivity index (χ3v) is 3.44. The molecule has 0 saturated heterocycles. The highest BCUT2D eigenvalue weighted by atomic mass is 15.3. The Bertz CT molecular complexity index is 732. The van der Waals surface area contributed by atoms with E-state index < -0.39 is 0 Å². The Morgan fingerprint density at radius 2 is 1.76 bits per heavy atom. The maximum Gasteiger partial charge on any atom is 0.147 e. The Kier molecular flexibility index (Phi) is 6.74. The van der Waals surface area contributed by atoms with Crippen LogP contribution in [-0.2, 0) is 0 Å². The van der Waals surface area contributed by atoms with Crippen molar-refractivity contribution in [1.29, 1.82) is 0 Å². The summed E-state index contributed by atoms with van der Waals surface area (Å²) in [7, 11) is 1.89. The van der Waals surface area contributed by atoms with Crippen LogP contribution in [0.3, 0.4) is 0 Å². The third kappa shape index (κ3) is 6.12. The van der Waals surface area contributed by atoms with Gasteiger partial charge in [0.25, 0.3) is 0 Å². The molecule has 0 amide bonds. The Labute approximate surface area is 148 Å². The minimum atomic E-state index is 0.574. The lowest BCUT2D eigenvalue weighted by molar-refractivity contribution is -0.584. The highest BCUT2D eigenvalue weighted by Gasteiger charge is 1.98. The van der Waals surface area contributed by atoms with E-state index in [2.05, 4.69) is 34.4 Å². The number of rotatable bonds is 8. The lowest BCUT2D eigenvalue weighted by atomic mass is 10.2. The zero-order chi connectivity index (χ0) is 18.1. The molecule has 25 heavy (non-hydrogen) atoms. The average Bonchev–Trinajstić information content (AvgIpc) is 2.63. The molecular weight excluding hydrogens is 312 g/mol. The molecule has 2 aromatic rings. The maximum absolute atomic E-state index is 5.69. The van der Waals surface area contributed by atoms with Crippen LogP contribution in [-0.4, -0.2) is 18.5 Å². The van der Waals surface area contributed by atoms with E-state index in [-0.39, 0.29) is 0 Å². The first kappa shape index (κ1) is 18.2. The largest absolute Gasteiger partial charge is 0.399 e. The normalized spacial score (nSPS) is 11.1. The van der Waals surface area contributed by atoms with Gasteiger partial charge in [0.1, 0.15) is 12.0 Å². The van der Waals surface area contributed by atoms with Crippen LogP contribution in [0, 0.1) is 0 Å². The first-order chi connectivity index (χ1) is 12.1. The van der Waals surface area contributed by atoms with Crippen LogP contribution < -0.4 is 16.4 Å². The lowest BCUT2D eigenvalue weighted by Crippen LogP contribution is -2.77. The number of hydrogen-bond donors (Lipinski definition) is 3. The van der Waals surface area contributed by atoms with Gasteiger partial charge in [0.15, 0.2) is 0 Å². The van der Waals surface area contributed by atoms with Gasteiger partial charge in [-0.1, -0.05) is 6.58 Å². The predicted molar refractivity (Wildman–Crippen MR) is 104 cm³/mol. The van der Waals surface area contributed by atoms with Crippen molar-refractivity contribution >= 4 is 22.7 Å². The second-order valence-corrected chi connectivity index (χ2v) is 5.51. The summed E-state index contributed by atoms with van der Waals surface area (Å²) < 4.78 is 0. The molecule has 0 radical (unpaired) electrons. The monoisotopic (exact) mass is 337 g/mol. The third-order valence-electron chi connectivity index (χ3n) is 3.44. The molecule has 2 rings (SSSR count). The van der Waals surface area contributed by atoms with Crippen molar-refractivity contribution in [3.8, 4) is 0 Å². The molecule has 0 fully saturated rings. The summed E-state index contributed by atoms with van der Waals surface area (Å²) in [6, 6.07) is 15.3. The summed E-state index contributed by atoms with van der Waals surface area (Å²) in [6.07, 6.45) is 3.88. The quantitative estimate of drug-likeness (QED) is 0.509. The minimum absolute atomic E-state index is 0.574. The molecule has 0 aromatic heterocycles. The molecule has 0 aliphatic rings. The van der Waals surface area contributed by atoms with Crippen LogP contribution in [0.2, 0.25) is 0 Å². The first-order valence-electron chi connectivity index (χ1n) is 8.14. The molecular formula is C19H25N6+. The second-order valence-electron chi connectivity index (χ2n) is 5.51. The van der Waals surface area contributed by atoms with Gasteiger partial charge in [0, 0.05) is 24.1 Å². The van der Waals surface area contributed by atoms with Crippen LogP contribution in [0.4, 0.5) is 22.7 Å². The number of quaternary nitrogens is 1. The number of nitrogen functional groups attached to an aromatic ring is 1. The zero-order valence-corrected chi connectivity index (χ0v) is 14.7. The van der Waals surface area contributed by atoms with E-state index in [0.29, 0.717) is 5.82 Å². The van der Waals surface area contributed by atoms with E-state index in [9.17, 15) is 0 Å². The minimum Gasteiger partial charge on any atom is -0.399 e. The summed E-state index contributed by atoms with van der Waals surface area (Å²) in [5.74, 6) is 0.574. The van der Waals surface area contributed by atoms with Crippen LogP contribution in [0.1, 0.15) is 6.92 Å². The first-order valence-corrected chi connectivity index (χ1v) is 8.14. The van der Waals surface area contributed by atoms with Crippen molar-refractivity contribution in [2.45, 2.75) is 6.92 Å². The molecule has 2 aromatic carbocycles. The number of benzene rings is 2. The molecule has 130 valence electrons. The molecule has 6 nitrogen and oxygen atoms in total. The standard InChI is InChI=1S/C19H24N6/c1-4-21-13-14-25(3)15(2)23-24-19-11-9-18(10-12-19)22-17-7-5-16(20)6-8-17/h5-14,21-22H,2,4,20H2,1,3H3/p+1. The van der Waals surface area contributed by atoms with Crippen molar-refractivity contribution in [2.24, 2.45) is 10.2 Å². The number of anilines is 3. The number of nitrogens with one attached hydrogen (secondary N) is 1. The van der Waals surface area contributed by atoms with Gasteiger partial charge in [0.05, 0.1) is 18.4 Å². The molecule has 0 spiro atoms. The molecule has 0 atom stereocenters. The lowest BCUT2D eigenvalue weighted by Gasteiger charge is -2.10. The summed E-state index contributed by atoms with van der Waals surface area (Å²) in [5, 5.41) is 13.7. The van der Waals surface area contributed by atoms with Crippen molar-refractivity contribution in [3.05, 3.63) is 73.3 Å². The molecule has 0 saturated carbocycles. The number of hydrogen-bond acceptors (Lipinski definition) is 5. The smallest absolute Gasteiger partial charge is 0.147 e. The summed E-state index contributed by atoms with van der Waals surface area (Å²) in [5.41, 5.74) is 9.15. The Hall–Kier alpha value is -3.12. The Morgan fingerprint density at radius 3 is 2.36 bits per heavy atom. The number of nitrogens with zero attached hydrogens (tertiary/aromatic N) is 3. The van der Waals surface area contributed by atoms with Crippen LogP contribution in [0.25, 0.3) is 0 Å². The van der Waals surface area contributed by atoms with E-state index in [1.165, 1.54) is 0 Å². The van der Waals surface area contributed by atoms with Crippen molar-refractivity contribution in [2.75, 3.05) is 24.6 Å². The number of nitrogens with two attached hydrogens (primary N) is 2. The molecule has 6 heteroatoms. The summed E-state index contributed by atoms with van der Waals surface area (Å²) in [6.45, 7) is 6.99. The van der Waals surface area contributed by atoms with E-state index in [1.807, 2.05) is 72.9 Å². The second kappa shape index (κ2) is 9.24. The van der Waals surface area contributed by atoms with Crippen LogP contribution in [0.5, 0.6) is 0 Å². The van der Waals surface area contributed by atoms with E-state index in [4.69, 9.17) is 5.73 Å². The van der Waals surface area contributed by atoms with Crippen molar-refractivity contribution < 1.29 is 5.32 Å². The molecule has 0 heterocycles. The van der Waals surface area contributed by atoms with E-state index in [1.54, 1.807) is 0 Å². The van der Waals surface area contributed by atoms with Gasteiger partial charge >= 0.3 is 0 Å². The SMILES string of the molecule is C=C(N=Nc1ccc(Nc2ccc(N)cc2)cc1)N(C)C=C[NH2+]CC. The van der Waals surface area contributed by atoms with Crippen molar-refractivity contribution in [3.63, 3.8) is 0 Å². The topological polar surface area (TPSA) is 82.6 Å². The molecule has 0 bridgehead atoms. The molecule has 5 N–H and O–H groups in total. The summed E-state index contributed by atoms with van der Waals surface area (Å²) >= 11 is 0. The fourth-order valence-electron chi connectivity index (χ4n) is 1.94. The highest BCUT2D eigenvalue weighted by Crippen LogP contribution is 2.21. The Balaban J connectivity index is 1.93. The van der Waals surface area contributed by atoms with Gasteiger partial charge in [0.2, 0.25) is 0 Å². The van der Waals surface area contributed by atoms with Gasteiger partial charge in [-0.2, -0.15) is 0 Å². The average molecular weight is 337 g/mol. The Morgan fingerprint density at radius 1 is 1.16 bits per heavy atom. The highest BCUT2D eigenvalue weighted by molar-refractivity contribution is 5.63. The van der Waals surface area contributed by atoms with Gasteiger partial charge in [-0.15, -0.1) is 10.2 Å². The molecule has 0 unspecified atom stereocenters. The van der Waals surface area contributed by atoms with Gasteiger partial charge in [-0.05, 0) is 55.5 Å². The molecule has 0 aliphatic heterocycles. The van der Waals surface area contributed by atoms with Gasteiger partial charge in [-0.3, -0.25) is 0 Å². The van der Waals surface area contributed by atoms with Gasteiger partial charge in [-0.25, -0.2) is 0 Å².